The molecule has 150 valence electrons. The molecule has 29 heavy (non-hydrogen) atoms. The molecule has 3 amide bonds. The van der Waals surface area contributed by atoms with Crippen LogP contribution in [0.15, 0.2) is 42.5 Å². The standard InChI is InChI=1S/C20H18FN3O5/c1-3-20(14-6-8-15(21)9-7-14)18(26)23(19(27)22-20)11-17(25)13-5-4-12(2)16(10-13)24(28)29/h4-10H,3,11H2,1-2H3,(H,22,27)/t20-/m1/s1. The van der Waals surface area contributed by atoms with Crippen molar-refractivity contribution in [3.63, 3.8) is 0 Å². The Bertz CT molecular complexity index is 1020. The van der Waals surface area contributed by atoms with E-state index in [0.29, 0.717) is 11.1 Å². The molecule has 0 bridgehead atoms. The number of carbonyl (C=O) groups excluding carboxylic acids is 3. The highest BCUT2D eigenvalue weighted by Gasteiger charge is 2.51. The summed E-state index contributed by atoms with van der Waals surface area (Å²) in [6, 6.07) is 8.41. The van der Waals surface area contributed by atoms with Crippen LogP contribution in [0.5, 0.6) is 0 Å². The Morgan fingerprint density at radius 1 is 1.21 bits per heavy atom. The fourth-order valence-electron chi connectivity index (χ4n) is 3.36. The van der Waals surface area contributed by atoms with Gasteiger partial charge in [0.05, 0.1) is 11.5 Å². The van der Waals surface area contributed by atoms with E-state index in [1.165, 1.54) is 36.4 Å². The third-order valence-corrected chi connectivity index (χ3v) is 5.07. The molecule has 1 heterocycles. The van der Waals surface area contributed by atoms with Gasteiger partial charge in [-0.3, -0.25) is 24.6 Å². The average molecular weight is 399 g/mol. The number of hydrogen-bond acceptors (Lipinski definition) is 5. The number of carbonyl (C=O) groups is 3. The molecule has 1 aliphatic heterocycles. The molecule has 0 unspecified atom stereocenters. The third kappa shape index (κ3) is 3.46. The van der Waals surface area contributed by atoms with Crippen molar-refractivity contribution < 1.29 is 23.7 Å². The van der Waals surface area contributed by atoms with Crippen LogP contribution < -0.4 is 5.32 Å². The first-order chi connectivity index (χ1) is 13.7. The molecule has 1 N–H and O–H groups in total. The number of benzene rings is 2. The van der Waals surface area contributed by atoms with Gasteiger partial charge < -0.3 is 5.32 Å². The molecule has 1 saturated heterocycles. The van der Waals surface area contributed by atoms with Crippen molar-refractivity contribution in [2.45, 2.75) is 25.8 Å². The second kappa shape index (κ2) is 7.42. The van der Waals surface area contributed by atoms with Gasteiger partial charge in [-0.05, 0) is 31.0 Å². The minimum atomic E-state index is -1.40. The lowest BCUT2D eigenvalue weighted by molar-refractivity contribution is -0.385. The first kappa shape index (κ1) is 20.1. The van der Waals surface area contributed by atoms with Crippen LogP contribution in [-0.4, -0.2) is 34.1 Å². The Kier molecular flexibility index (Phi) is 5.15. The maximum Gasteiger partial charge on any atom is 0.325 e. The molecule has 0 spiro atoms. The number of nitrogens with zero attached hydrogens (tertiary/aromatic N) is 2. The normalized spacial score (nSPS) is 18.7. The molecule has 0 radical (unpaired) electrons. The van der Waals surface area contributed by atoms with Crippen molar-refractivity contribution in [3.05, 3.63) is 75.1 Å². The predicted octanol–water partition coefficient (Wildman–Crippen LogP) is 3.08. The topological polar surface area (TPSA) is 110 Å². The number of hydrogen-bond donors (Lipinski definition) is 1. The minimum Gasteiger partial charge on any atom is -0.319 e. The van der Waals surface area contributed by atoms with Gasteiger partial charge in [0.2, 0.25) is 0 Å². The van der Waals surface area contributed by atoms with Crippen molar-refractivity contribution in [1.82, 2.24) is 10.2 Å². The second-order valence-corrected chi connectivity index (χ2v) is 6.77. The Hall–Kier alpha value is -3.62. The fraction of sp³-hybridized carbons (Fsp3) is 0.250. The summed E-state index contributed by atoms with van der Waals surface area (Å²) in [4.78, 5) is 49.4. The van der Waals surface area contributed by atoms with E-state index in [-0.39, 0.29) is 17.7 Å². The van der Waals surface area contributed by atoms with Crippen molar-refractivity contribution in [3.8, 4) is 0 Å². The summed E-state index contributed by atoms with van der Waals surface area (Å²) in [5.74, 6) is -1.72. The smallest absolute Gasteiger partial charge is 0.319 e. The summed E-state index contributed by atoms with van der Waals surface area (Å²) in [5.41, 5.74) is -0.797. The second-order valence-electron chi connectivity index (χ2n) is 6.77. The number of Topliss-reactive ketones (excluding diaryl/α,β-unsaturated/α-hetero) is 1. The summed E-state index contributed by atoms with van der Waals surface area (Å²) in [6.45, 7) is 2.67. The van der Waals surface area contributed by atoms with Crippen LogP contribution in [-0.2, 0) is 10.3 Å². The molecule has 3 rings (SSSR count). The maximum absolute atomic E-state index is 13.3. The van der Waals surface area contributed by atoms with Gasteiger partial charge in [0.1, 0.15) is 11.4 Å². The van der Waals surface area contributed by atoms with Crippen molar-refractivity contribution in [1.29, 1.82) is 0 Å². The van der Waals surface area contributed by atoms with Gasteiger partial charge in [-0.1, -0.05) is 31.2 Å². The molecule has 2 aromatic rings. The molecule has 2 aromatic carbocycles. The van der Waals surface area contributed by atoms with Gasteiger partial charge in [0, 0.05) is 17.2 Å². The van der Waals surface area contributed by atoms with Gasteiger partial charge >= 0.3 is 6.03 Å². The summed E-state index contributed by atoms with van der Waals surface area (Å²) in [7, 11) is 0. The number of aryl methyl sites for hydroxylation is 1. The van der Waals surface area contributed by atoms with Crippen LogP contribution in [0.1, 0.15) is 34.8 Å². The summed E-state index contributed by atoms with van der Waals surface area (Å²) >= 11 is 0. The average Bonchev–Trinajstić information content (AvgIpc) is 2.93. The number of ketones is 1. The predicted molar refractivity (Wildman–Crippen MR) is 101 cm³/mol. The molecule has 0 saturated carbocycles. The van der Waals surface area contributed by atoms with Crippen molar-refractivity contribution in [2.75, 3.05) is 6.54 Å². The largest absolute Gasteiger partial charge is 0.325 e. The Balaban J connectivity index is 1.88. The highest BCUT2D eigenvalue weighted by atomic mass is 19.1. The summed E-state index contributed by atoms with van der Waals surface area (Å²) in [6.07, 6.45) is 0.198. The molecule has 1 aliphatic rings. The van der Waals surface area contributed by atoms with Gasteiger partial charge in [-0.2, -0.15) is 0 Å². The quantitative estimate of drug-likeness (QED) is 0.347. The zero-order chi connectivity index (χ0) is 21.3. The van der Waals surface area contributed by atoms with Gasteiger partial charge in [-0.15, -0.1) is 0 Å². The number of urea groups is 1. The van der Waals surface area contributed by atoms with Crippen LogP contribution in [0.4, 0.5) is 14.9 Å². The first-order valence-electron chi connectivity index (χ1n) is 8.88. The van der Waals surface area contributed by atoms with Crippen LogP contribution in [0, 0.1) is 22.9 Å². The molecule has 1 fully saturated rings. The lowest BCUT2D eigenvalue weighted by Crippen LogP contribution is -2.43. The fourth-order valence-corrected chi connectivity index (χ4v) is 3.36. The van der Waals surface area contributed by atoms with Gasteiger partial charge in [-0.25, -0.2) is 9.18 Å². The Morgan fingerprint density at radius 2 is 1.86 bits per heavy atom. The third-order valence-electron chi connectivity index (χ3n) is 5.07. The van der Waals surface area contributed by atoms with Crippen molar-refractivity contribution >= 4 is 23.4 Å². The number of amides is 3. The van der Waals surface area contributed by atoms with Crippen LogP contribution in [0.25, 0.3) is 0 Å². The summed E-state index contributed by atoms with van der Waals surface area (Å²) in [5, 5.41) is 13.7. The lowest BCUT2D eigenvalue weighted by atomic mass is 9.87. The molecule has 0 aliphatic carbocycles. The monoisotopic (exact) mass is 399 g/mol. The van der Waals surface area contributed by atoms with E-state index in [1.54, 1.807) is 13.8 Å². The summed E-state index contributed by atoms with van der Waals surface area (Å²) < 4.78 is 13.3. The van der Waals surface area contributed by atoms with E-state index < -0.39 is 40.5 Å². The van der Waals surface area contributed by atoms with Crippen LogP contribution in [0.3, 0.4) is 0 Å². The Morgan fingerprint density at radius 3 is 2.45 bits per heavy atom. The van der Waals surface area contributed by atoms with Gasteiger partial charge in [0.25, 0.3) is 11.6 Å². The molecule has 1 atom stereocenters. The molecule has 9 heteroatoms. The SMILES string of the molecule is CC[C@]1(c2ccc(F)cc2)NC(=O)N(CC(=O)c2ccc(C)c([N+](=O)[O-])c2)C1=O. The van der Waals surface area contributed by atoms with Gasteiger partial charge in [0.15, 0.2) is 5.78 Å². The number of imide groups is 1. The minimum absolute atomic E-state index is 0.0266. The van der Waals surface area contributed by atoms with E-state index in [2.05, 4.69) is 5.32 Å². The van der Waals surface area contributed by atoms with E-state index in [9.17, 15) is 28.9 Å². The van der Waals surface area contributed by atoms with E-state index in [4.69, 9.17) is 0 Å². The first-order valence-corrected chi connectivity index (χ1v) is 8.88. The highest BCUT2D eigenvalue weighted by Crippen LogP contribution is 2.32. The molecule has 0 aromatic heterocycles. The molecular weight excluding hydrogens is 381 g/mol. The maximum atomic E-state index is 13.3. The Labute approximate surface area is 165 Å². The van der Waals surface area contributed by atoms with Crippen molar-refractivity contribution in [2.24, 2.45) is 0 Å². The van der Waals surface area contributed by atoms with Crippen LogP contribution in [0.2, 0.25) is 0 Å². The number of nitro benzene ring substituents is 1. The number of nitro groups is 1. The zero-order valence-electron chi connectivity index (χ0n) is 15.8. The lowest BCUT2D eigenvalue weighted by Gasteiger charge is -2.25. The van der Waals surface area contributed by atoms with Crippen LogP contribution >= 0.6 is 0 Å². The van der Waals surface area contributed by atoms with E-state index >= 15 is 0 Å². The number of nitrogens with one attached hydrogen (secondary N) is 1. The van der Waals surface area contributed by atoms with E-state index in [0.717, 1.165) is 11.0 Å². The number of halogens is 1. The molecule has 8 nitrogen and oxygen atoms in total. The van der Waals surface area contributed by atoms with E-state index in [1.807, 2.05) is 0 Å². The zero-order valence-corrected chi connectivity index (χ0v) is 15.8. The number of rotatable bonds is 6. The molecular formula is C20H18FN3O5. The highest BCUT2D eigenvalue weighted by molar-refractivity contribution is 6.11.